The van der Waals surface area contributed by atoms with E-state index in [4.69, 9.17) is 14.4 Å². The van der Waals surface area contributed by atoms with E-state index in [1.165, 1.54) is 16.7 Å². The molecule has 0 saturated heterocycles. The molecule has 1 unspecified atom stereocenters. The summed E-state index contributed by atoms with van der Waals surface area (Å²) >= 11 is 0. The van der Waals surface area contributed by atoms with Gasteiger partial charge in [0.2, 0.25) is 0 Å². The Morgan fingerprint density at radius 2 is 1.74 bits per heavy atom. The Morgan fingerprint density at radius 1 is 1.03 bits per heavy atom. The average Bonchev–Trinajstić information content (AvgIpc) is 3.36. The number of fused-ring (bicyclic) bond motifs is 1. The third-order valence-corrected chi connectivity index (χ3v) is 6.47. The summed E-state index contributed by atoms with van der Waals surface area (Å²) in [5.74, 6) is 0.826. The summed E-state index contributed by atoms with van der Waals surface area (Å²) in [6.07, 6.45) is 6.91. The number of carbonyl (C=O) groups is 1. The van der Waals surface area contributed by atoms with Crippen LogP contribution in [0.2, 0.25) is 0 Å². The second kappa shape index (κ2) is 10.4. The van der Waals surface area contributed by atoms with Crippen LogP contribution in [-0.4, -0.2) is 22.8 Å². The van der Waals surface area contributed by atoms with Crippen LogP contribution in [0.25, 0.3) is 6.08 Å². The van der Waals surface area contributed by atoms with Gasteiger partial charge in [-0.05, 0) is 59.6 Å². The Balaban J connectivity index is 1.32. The minimum absolute atomic E-state index is 0.00841. The predicted molar refractivity (Wildman–Crippen MR) is 134 cm³/mol. The van der Waals surface area contributed by atoms with Crippen molar-refractivity contribution in [3.8, 4) is 5.75 Å². The van der Waals surface area contributed by atoms with Crippen LogP contribution in [-0.2, 0) is 17.6 Å². The van der Waals surface area contributed by atoms with E-state index in [1.807, 2.05) is 60.7 Å². The number of benzene rings is 3. The number of aromatic nitrogens is 1. The lowest BCUT2D eigenvalue weighted by Gasteiger charge is -2.24. The largest absolute Gasteiger partial charge is 0.482 e. The maximum absolute atomic E-state index is 10.9. The van der Waals surface area contributed by atoms with Gasteiger partial charge in [-0.1, -0.05) is 84.0 Å². The van der Waals surface area contributed by atoms with Crippen molar-refractivity contribution in [2.45, 2.75) is 25.2 Å². The molecular formula is C30H27NO4. The van der Waals surface area contributed by atoms with Crippen LogP contribution in [0.3, 0.4) is 0 Å². The fourth-order valence-electron chi connectivity index (χ4n) is 4.81. The van der Waals surface area contributed by atoms with Crippen LogP contribution < -0.4 is 4.74 Å². The number of hydrogen-bond acceptors (Lipinski definition) is 4. The Hall–Kier alpha value is -4.12. The minimum Gasteiger partial charge on any atom is -0.482 e. The Labute approximate surface area is 204 Å². The highest BCUT2D eigenvalue weighted by Gasteiger charge is 2.22. The molecule has 4 aromatic rings. The normalized spacial score (nSPS) is 15.3. The van der Waals surface area contributed by atoms with Crippen molar-refractivity contribution in [1.29, 1.82) is 0 Å². The third kappa shape index (κ3) is 5.35. The topological polar surface area (TPSA) is 72.6 Å². The van der Waals surface area contributed by atoms with Gasteiger partial charge in [0.1, 0.15) is 5.75 Å². The van der Waals surface area contributed by atoms with Crippen LogP contribution >= 0.6 is 0 Å². The Bertz CT molecular complexity index is 1270. The van der Waals surface area contributed by atoms with Gasteiger partial charge in [0, 0.05) is 6.07 Å². The van der Waals surface area contributed by atoms with E-state index in [2.05, 4.69) is 41.6 Å². The zero-order valence-corrected chi connectivity index (χ0v) is 19.3. The van der Waals surface area contributed by atoms with Crippen molar-refractivity contribution in [3.63, 3.8) is 0 Å². The standard InChI is InChI=1S/C30H27NO4/c32-29(33)20-34-28-13-7-12-24-18-21(15-17-26(24)28)14-16-25-19-27(31-35-25)30(22-8-3-1-4-9-22)23-10-5-2-6-11-23/h1-14,16,19,21,30H,15,17-18,20H2,(H,32,33). The zero-order chi connectivity index (χ0) is 24.0. The second-order valence-corrected chi connectivity index (χ2v) is 8.85. The van der Waals surface area contributed by atoms with E-state index in [-0.39, 0.29) is 12.5 Å². The number of aliphatic carboxylic acids is 1. The van der Waals surface area contributed by atoms with E-state index in [0.29, 0.717) is 11.7 Å². The first-order chi connectivity index (χ1) is 17.2. The second-order valence-electron chi connectivity index (χ2n) is 8.85. The smallest absolute Gasteiger partial charge is 0.341 e. The van der Waals surface area contributed by atoms with Crippen molar-refractivity contribution in [2.24, 2.45) is 5.92 Å². The van der Waals surface area contributed by atoms with Crippen LogP contribution in [0, 0.1) is 5.92 Å². The number of allylic oxidation sites excluding steroid dienone is 1. The molecule has 35 heavy (non-hydrogen) atoms. The van der Waals surface area contributed by atoms with E-state index in [1.54, 1.807) is 0 Å². The molecule has 1 N–H and O–H groups in total. The molecule has 0 saturated carbocycles. The van der Waals surface area contributed by atoms with Gasteiger partial charge in [0.05, 0.1) is 11.6 Å². The summed E-state index contributed by atoms with van der Waals surface area (Å²) in [7, 11) is 0. The first-order valence-corrected chi connectivity index (χ1v) is 11.9. The maximum Gasteiger partial charge on any atom is 0.341 e. The lowest BCUT2D eigenvalue weighted by Crippen LogP contribution is -2.16. The number of hydrogen-bond donors (Lipinski definition) is 1. The molecule has 1 atom stereocenters. The van der Waals surface area contributed by atoms with Crippen molar-refractivity contribution in [3.05, 3.63) is 125 Å². The van der Waals surface area contributed by atoms with E-state index in [0.717, 1.165) is 36.3 Å². The van der Waals surface area contributed by atoms with Crippen LogP contribution in [0.4, 0.5) is 0 Å². The molecule has 0 radical (unpaired) electrons. The molecule has 1 aliphatic rings. The van der Waals surface area contributed by atoms with Gasteiger partial charge in [-0.3, -0.25) is 0 Å². The first kappa shape index (κ1) is 22.7. The Kier molecular flexibility index (Phi) is 6.75. The number of ether oxygens (including phenoxy) is 1. The van der Waals surface area contributed by atoms with Gasteiger partial charge < -0.3 is 14.4 Å². The quantitative estimate of drug-likeness (QED) is 0.339. The van der Waals surface area contributed by atoms with E-state index < -0.39 is 5.97 Å². The monoisotopic (exact) mass is 465 g/mol. The first-order valence-electron chi connectivity index (χ1n) is 11.9. The molecule has 5 rings (SSSR count). The number of carboxylic acids is 1. The van der Waals surface area contributed by atoms with Crippen molar-refractivity contribution in [2.75, 3.05) is 6.61 Å². The molecule has 5 nitrogen and oxygen atoms in total. The molecule has 0 amide bonds. The van der Waals surface area contributed by atoms with E-state index >= 15 is 0 Å². The van der Waals surface area contributed by atoms with Crippen molar-refractivity contribution >= 4 is 12.0 Å². The summed E-state index contributed by atoms with van der Waals surface area (Å²) in [5, 5.41) is 13.3. The number of rotatable bonds is 8. The number of carboxylic acid groups (broad SMARTS) is 1. The lowest BCUT2D eigenvalue weighted by molar-refractivity contribution is -0.139. The third-order valence-electron chi connectivity index (χ3n) is 6.47. The molecule has 1 heterocycles. The fourth-order valence-corrected chi connectivity index (χ4v) is 4.81. The average molecular weight is 466 g/mol. The molecule has 176 valence electrons. The van der Waals surface area contributed by atoms with Crippen LogP contribution in [0.5, 0.6) is 5.75 Å². The van der Waals surface area contributed by atoms with Gasteiger partial charge in [-0.15, -0.1) is 0 Å². The summed E-state index contributed by atoms with van der Waals surface area (Å²) < 4.78 is 11.2. The lowest BCUT2D eigenvalue weighted by atomic mass is 9.83. The Morgan fingerprint density at radius 3 is 2.43 bits per heavy atom. The molecule has 1 aromatic heterocycles. The molecule has 0 fully saturated rings. The van der Waals surface area contributed by atoms with Crippen LogP contribution in [0.15, 0.2) is 95.5 Å². The van der Waals surface area contributed by atoms with Crippen LogP contribution in [0.1, 0.15) is 46.0 Å². The van der Waals surface area contributed by atoms with E-state index in [9.17, 15) is 4.79 Å². The van der Waals surface area contributed by atoms with Gasteiger partial charge >= 0.3 is 5.97 Å². The highest BCUT2D eigenvalue weighted by molar-refractivity contribution is 5.68. The highest BCUT2D eigenvalue weighted by atomic mass is 16.5. The maximum atomic E-state index is 10.9. The van der Waals surface area contributed by atoms with Gasteiger partial charge in [-0.25, -0.2) is 4.79 Å². The molecule has 3 aromatic carbocycles. The SMILES string of the molecule is O=C(O)COc1cccc2c1CCC(C=Cc1cc(C(c3ccccc3)c3ccccc3)no1)C2. The zero-order valence-electron chi connectivity index (χ0n) is 19.3. The summed E-state index contributed by atoms with van der Waals surface area (Å²) in [6.45, 7) is -0.319. The predicted octanol–water partition coefficient (Wildman–Crippen LogP) is 6.14. The molecule has 5 heteroatoms. The number of nitrogens with zero attached hydrogens (tertiary/aromatic N) is 1. The highest BCUT2D eigenvalue weighted by Crippen LogP contribution is 2.34. The molecule has 0 spiro atoms. The minimum atomic E-state index is -0.965. The molecular weight excluding hydrogens is 438 g/mol. The van der Waals surface area contributed by atoms with Gasteiger partial charge in [-0.2, -0.15) is 0 Å². The summed E-state index contributed by atoms with van der Waals surface area (Å²) in [6, 6.07) is 28.6. The summed E-state index contributed by atoms with van der Waals surface area (Å²) in [4.78, 5) is 10.9. The molecule has 0 bridgehead atoms. The van der Waals surface area contributed by atoms with Crippen molar-refractivity contribution in [1.82, 2.24) is 5.16 Å². The van der Waals surface area contributed by atoms with Gasteiger partial charge in [0.15, 0.2) is 12.4 Å². The van der Waals surface area contributed by atoms with Gasteiger partial charge in [0.25, 0.3) is 0 Å². The summed E-state index contributed by atoms with van der Waals surface area (Å²) in [5.41, 5.74) is 5.56. The molecule has 0 aliphatic heterocycles. The fraction of sp³-hybridized carbons (Fsp3) is 0.200. The van der Waals surface area contributed by atoms with Crippen molar-refractivity contribution < 1.29 is 19.2 Å². The molecule has 1 aliphatic carbocycles.